The van der Waals surface area contributed by atoms with E-state index in [1.54, 1.807) is 31.2 Å². The standard InChI is InChI=1S/C17H28N2O3/c1-13(2)15(18)9-10-19(3)17(20)14-7-5-6-8-16(14)22-12-11-21-4/h5-8,13,15H,9-12,18H2,1-4H3. The molecule has 1 unspecified atom stereocenters. The first-order chi connectivity index (χ1) is 10.5. The molecule has 0 heterocycles. The minimum Gasteiger partial charge on any atom is -0.490 e. The number of hydrogen-bond donors (Lipinski definition) is 1. The number of nitrogens with two attached hydrogens (primary N) is 1. The summed E-state index contributed by atoms with van der Waals surface area (Å²) >= 11 is 0. The average molecular weight is 308 g/mol. The van der Waals surface area contributed by atoms with Gasteiger partial charge in [0.25, 0.3) is 5.91 Å². The molecule has 2 N–H and O–H groups in total. The van der Waals surface area contributed by atoms with E-state index in [1.807, 2.05) is 12.1 Å². The molecule has 0 spiro atoms. The van der Waals surface area contributed by atoms with Crippen LogP contribution in [0.5, 0.6) is 5.75 Å². The van der Waals surface area contributed by atoms with Crippen LogP contribution in [-0.2, 0) is 4.74 Å². The Kier molecular flexibility index (Phi) is 7.91. The molecule has 0 radical (unpaired) electrons. The second-order valence-electron chi connectivity index (χ2n) is 5.76. The van der Waals surface area contributed by atoms with Crippen molar-refractivity contribution in [3.63, 3.8) is 0 Å². The van der Waals surface area contributed by atoms with E-state index in [4.69, 9.17) is 15.2 Å². The first-order valence-electron chi connectivity index (χ1n) is 7.69. The first kappa shape index (κ1) is 18.5. The van der Waals surface area contributed by atoms with Crippen molar-refractivity contribution in [1.82, 2.24) is 4.90 Å². The maximum Gasteiger partial charge on any atom is 0.257 e. The number of rotatable bonds is 9. The second-order valence-corrected chi connectivity index (χ2v) is 5.76. The van der Waals surface area contributed by atoms with E-state index in [9.17, 15) is 4.79 Å². The summed E-state index contributed by atoms with van der Waals surface area (Å²) in [5.41, 5.74) is 6.61. The molecule has 0 saturated carbocycles. The summed E-state index contributed by atoms with van der Waals surface area (Å²) in [4.78, 5) is 14.2. The third-order valence-electron chi connectivity index (χ3n) is 3.66. The van der Waals surface area contributed by atoms with Gasteiger partial charge in [0.15, 0.2) is 0 Å². The van der Waals surface area contributed by atoms with Gasteiger partial charge in [0, 0.05) is 26.7 Å². The van der Waals surface area contributed by atoms with Crippen LogP contribution in [0.4, 0.5) is 0 Å². The Morgan fingerprint density at radius 2 is 1.95 bits per heavy atom. The molecule has 0 aromatic heterocycles. The highest BCUT2D eigenvalue weighted by Gasteiger charge is 2.17. The van der Waals surface area contributed by atoms with E-state index < -0.39 is 0 Å². The number of nitrogens with zero attached hydrogens (tertiary/aromatic N) is 1. The van der Waals surface area contributed by atoms with E-state index >= 15 is 0 Å². The zero-order valence-corrected chi connectivity index (χ0v) is 14.0. The summed E-state index contributed by atoms with van der Waals surface area (Å²) in [5.74, 6) is 0.946. The Morgan fingerprint density at radius 1 is 1.27 bits per heavy atom. The number of benzene rings is 1. The lowest BCUT2D eigenvalue weighted by Gasteiger charge is -2.22. The number of amides is 1. The molecule has 0 saturated heterocycles. The number of methoxy groups -OCH3 is 1. The Bertz CT molecular complexity index is 463. The van der Waals surface area contributed by atoms with Crippen LogP contribution < -0.4 is 10.5 Å². The monoisotopic (exact) mass is 308 g/mol. The Balaban J connectivity index is 2.67. The molecule has 1 aromatic rings. The predicted molar refractivity (Wildman–Crippen MR) is 88.2 cm³/mol. The predicted octanol–water partition coefficient (Wildman–Crippen LogP) is 2.16. The van der Waals surface area contributed by atoms with Gasteiger partial charge in [-0.25, -0.2) is 0 Å². The van der Waals surface area contributed by atoms with Gasteiger partial charge in [0.05, 0.1) is 12.2 Å². The second kappa shape index (κ2) is 9.43. The van der Waals surface area contributed by atoms with Crippen LogP contribution in [0.25, 0.3) is 0 Å². The van der Waals surface area contributed by atoms with Crippen LogP contribution in [0.3, 0.4) is 0 Å². The van der Waals surface area contributed by atoms with Crippen LogP contribution in [-0.4, -0.2) is 50.8 Å². The summed E-state index contributed by atoms with van der Waals surface area (Å²) in [5, 5.41) is 0. The van der Waals surface area contributed by atoms with E-state index in [2.05, 4.69) is 13.8 Å². The Labute approximate surface area is 133 Å². The molecule has 22 heavy (non-hydrogen) atoms. The van der Waals surface area contributed by atoms with Crippen LogP contribution >= 0.6 is 0 Å². The van der Waals surface area contributed by atoms with E-state index in [-0.39, 0.29) is 11.9 Å². The van der Waals surface area contributed by atoms with E-state index in [0.29, 0.717) is 37.0 Å². The van der Waals surface area contributed by atoms with Crippen LogP contribution in [0.1, 0.15) is 30.6 Å². The van der Waals surface area contributed by atoms with Gasteiger partial charge in [-0.3, -0.25) is 4.79 Å². The zero-order valence-electron chi connectivity index (χ0n) is 14.0. The SMILES string of the molecule is COCCOc1ccccc1C(=O)N(C)CCC(N)C(C)C. The molecule has 0 aliphatic carbocycles. The average Bonchev–Trinajstić information content (AvgIpc) is 2.52. The molecule has 0 aliphatic rings. The van der Waals surface area contributed by atoms with Gasteiger partial charge in [-0.1, -0.05) is 26.0 Å². The molecule has 1 aromatic carbocycles. The number of carbonyl (C=O) groups is 1. The minimum absolute atomic E-state index is 0.0519. The van der Waals surface area contributed by atoms with Crippen molar-refractivity contribution in [3.05, 3.63) is 29.8 Å². The highest BCUT2D eigenvalue weighted by Crippen LogP contribution is 2.20. The molecule has 124 valence electrons. The highest BCUT2D eigenvalue weighted by atomic mass is 16.5. The van der Waals surface area contributed by atoms with Gasteiger partial charge < -0.3 is 20.1 Å². The van der Waals surface area contributed by atoms with Crippen LogP contribution in [0.15, 0.2) is 24.3 Å². The normalized spacial score (nSPS) is 12.3. The van der Waals surface area contributed by atoms with Gasteiger partial charge in [-0.2, -0.15) is 0 Å². The summed E-state index contributed by atoms with van der Waals surface area (Å²) in [6, 6.07) is 7.38. The van der Waals surface area contributed by atoms with Crippen LogP contribution in [0, 0.1) is 5.92 Å². The molecular weight excluding hydrogens is 280 g/mol. The fraction of sp³-hybridized carbons (Fsp3) is 0.588. The number of hydrogen-bond acceptors (Lipinski definition) is 4. The molecule has 1 amide bonds. The number of carbonyl (C=O) groups excluding carboxylic acids is 1. The lowest BCUT2D eigenvalue weighted by molar-refractivity contribution is 0.0782. The third-order valence-corrected chi connectivity index (χ3v) is 3.66. The van der Waals surface area contributed by atoms with Gasteiger partial charge in [0.1, 0.15) is 12.4 Å². The van der Waals surface area contributed by atoms with Crippen LogP contribution in [0.2, 0.25) is 0 Å². The van der Waals surface area contributed by atoms with Crippen molar-refractivity contribution in [2.24, 2.45) is 11.7 Å². The molecule has 1 atom stereocenters. The zero-order chi connectivity index (χ0) is 16.5. The maximum atomic E-state index is 12.6. The first-order valence-corrected chi connectivity index (χ1v) is 7.69. The van der Waals surface area contributed by atoms with Crippen molar-refractivity contribution in [1.29, 1.82) is 0 Å². The molecule has 0 bridgehead atoms. The Morgan fingerprint density at radius 3 is 2.59 bits per heavy atom. The number of ether oxygens (including phenoxy) is 2. The topological polar surface area (TPSA) is 64.8 Å². The summed E-state index contributed by atoms with van der Waals surface area (Å²) in [6.45, 7) is 5.71. The highest BCUT2D eigenvalue weighted by molar-refractivity contribution is 5.96. The van der Waals surface area contributed by atoms with Crippen molar-refractivity contribution in [2.75, 3.05) is 33.9 Å². The quantitative estimate of drug-likeness (QED) is 0.710. The largest absolute Gasteiger partial charge is 0.490 e. The van der Waals surface area contributed by atoms with Crippen molar-refractivity contribution in [2.45, 2.75) is 26.3 Å². The fourth-order valence-electron chi connectivity index (χ4n) is 1.99. The fourth-order valence-corrected chi connectivity index (χ4v) is 1.99. The van der Waals surface area contributed by atoms with E-state index in [0.717, 1.165) is 6.42 Å². The number of para-hydroxylation sites is 1. The van der Waals surface area contributed by atoms with Gasteiger partial charge >= 0.3 is 0 Å². The molecule has 5 heteroatoms. The van der Waals surface area contributed by atoms with Crippen molar-refractivity contribution < 1.29 is 14.3 Å². The van der Waals surface area contributed by atoms with Gasteiger partial charge in [-0.15, -0.1) is 0 Å². The molecular formula is C17H28N2O3. The Hall–Kier alpha value is -1.59. The van der Waals surface area contributed by atoms with E-state index in [1.165, 1.54) is 0 Å². The summed E-state index contributed by atoms with van der Waals surface area (Å²) in [7, 11) is 3.41. The molecule has 0 fully saturated rings. The lowest BCUT2D eigenvalue weighted by atomic mass is 10.0. The molecule has 1 rings (SSSR count). The third kappa shape index (κ3) is 5.66. The van der Waals surface area contributed by atoms with Gasteiger partial charge in [0.2, 0.25) is 0 Å². The molecule has 5 nitrogen and oxygen atoms in total. The maximum absolute atomic E-state index is 12.6. The minimum atomic E-state index is -0.0519. The smallest absolute Gasteiger partial charge is 0.257 e. The summed E-state index contributed by atoms with van der Waals surface area (Å²) < 4.78 is 10.6. The molecule has 0 aliphatic heterocycles. The summed E-state index contributed by atoms with van der Waals surface area (Å²) in [6.07, 6.45) is 0.784. The van der Waals surface area contributed by atoms with Gasteiger partial charge in [-0.05, 0) is 24.5 Å². The lowest BCUT2D eigenvalue weighted by Crippen LogP contribution is -2.34. The van der Waals surface area contributed by atoms with Crippen molar-refractivity contribution >= 4 is 5.91 Å². The van der Waals surface area contributed by atoms with Crippen molar-refractivity contribution in [3.8, 4) is 5.75 Å².